The van der Waals surface area contributed by atoms with Crippen LogP contribution in [-0.4, -0.2) is 26.7 Å². The molecule has 3 aromatic rings. The average molecular weight is 275 g/mol. The summed E-state index contributed by atoms with van der Waals surface area (Å²) in [7, 11) is 1.60. The van der Waals surface area contributed by atoms with Crippen LogP contribution >= 0.6 is 11.3 Å². The maximum absolute atomic E-state index is 5.02. The predicted octanol–water partition coefficient (Wildman–Crippen LogP) is 2.11. The van der Waals surface area contributed by atoms with Gasteiger partial charge in [0.15, 0.2) is 0 Å². The predicted molar refractivity (Wildman–Crippen MR) is 73.7 cm³/mol. The van der Waals surface area contributed by atoms with E-state index in [4.69, 9.17) is 4.74 Å². The second kappa shape index (κ2) is 4.85. The SMILES string of the molecule is COc1ccc(CNc2nn3cc(C)nc3s2)cn1. The van der Waals surface area contributed by atoms with Crippen molar-refractivity contribution in [3.8, 4) is 5.88 Å². The van der Waals surface area contributed by atoms with E-state index in [9.17, 15) is 0 Å². The molecular formula is C12H13N5OS. The van der Waals surface area contributed by atoms with Gasteiger partial charge in [0.2, 0.25) is 16.0 Å². The zero-order chi connectivity index (χ0) is 13.2. The average Bonchev–Trinajstić information content (AvgIpc) is 2.93. The maximum atomic E-state index is 5.02. The molecule has 19 heavy (non-hydrogen) atoms. The fourth-order valence-corrected chi connectivity index (χ4v) is 2.52. The van der Waals surface area contributed by atoms with Crippen molar-refractivity contribution < 1.29 is 4.74 Å². The van der Waals surface area contributed by atoms with Gasteiger partial charge < -0.3 is 10.1 Å². The number of aryl methyl sites for hydroxylation is 1. The molecule has 0 fully saturated rings. The Bertz CT molecular complexity index is 656. The molecule has 0 aliphatic rings. The Morgan fingerprint density at radius 3 is 3.00 bits per heavy atom. The van der Waals surface area contributed by atoms with E-state index in [1.807, 2.05) is 25.3 Å². The molecule has 6 nitrogen and oxygen atoms in total. The fraction of sp³-hybridized carbons (Fsp3) is 0.250. The molecule has 1 N–H and O–H groups in total. The van der Waals surface area contributed by atoms with E-state index < -0.39 is 0 Å². The van der Waals surface area contributed by atoms with E-state index in [-0.39, 0.29) is 0 Å². The molecule has 7 heteroatoms. The normalized spacial score (nSPS) is 10.8. The zero-order valence-electron chi connectivity index (χ0n) is 10.6. The molecule has 0 bridgehead atoms. The van der Waals surface area contributed by atoms with Gasteiger partial charge in [0.25, 0.3) is 0 Å². The Balaban J connectivity index is 1.68. The number of pyridine rings is 1. The van der Waals surface area contributed by atoms with E-state index in [0.29, 0.717) is 12.4 Å². The van der Waals surface area contributed by atoms with Gasteiger partial charge in [-0.2, -0.15) is 0 Å². The highest BCUT2D eigenvalue weighted by atomic mass is 32.1. The molecule has 0 saturated carbocycles. The highest BCUT2D eigenvalue weighted by Crippen LogP contribution is 2.19. The summed E-state index contributed by atoms with van der Waals surface area (Å²) in [6, 6.07) is 3.82. The van der Waals surface area contributed by atoms with Crippen LogP contribution in [0, 0.1) is 6.92 Å². The lowest BCUT2D eigenvalue weighted by Crippen LogP contribution is -2.00. The number of fused-ring (bicyclic) bond motifs is 1. The molecule has 3 rings (SSSR count). The third-order valence-corrected chi connectivity index (χ3v) is 3.49. The van der Waals surface area contributed by atoms with Gasteiger partial charge in [0.05, 0.1) is 19.0 Å². The van der Waals surface area contributed by atoms with Gasteiger partial charge in [-0.1, -0.05) is 17.4 Å². The number of methoxy groups -OCH3 is 1. The molecule has 0 unspecified atom stereocenters. The van der Waals surface area contributed by atoms with Gasteiger partial charge in [-0.3, -0.25) is 0 Å². The summed E-state index contributed by atoms with van der Waals surface area (Å²) < 4.78 is 6.81. The van der Waals surface area contributed by atoms with Crippen molar-refractivity contribution in [2.24, 2.45) is 0 Å². The second-order valence-electron chi connectivity index (χ2n) is 4.08. The Hall–Kier alpha value is -2.15. The van der Waals surface area contributed by atoms with E-state index in [0.717, 1.165) is 21.3 Å². The van der Waals surface area contributed by atoms with Crippen LogP contribution in [0.2, 0.25) is 0 Å². The first-order valence-electron chi connectivity index (χ1n) is 5.80. The van der Waals surface area contributed by atoms with Crippen LogP contribution in [0.25, 0.3) is 4.96 Å². The van der Waals surface area contributed by atoms with E-state index >= 15 is 0 Å². The number of imidazole rings is 1. The molecule has 0 amide bonds. The fourth-order valence-electron chi connectivity index (χ4n) is 1.69. The summed E-state index contributed by atoms with van der Waals surface area (Å²) in [5.74, 6) is 0.618. The van der Waals surface area contributed by atoms with Crippen LogP contribution in [-0.2, 0) is 6.54 Å². The number of anilines is 1. The second-order valence-corrected chi connectivity index (χ2v) is 5.03. The summed E-state index contributed by atoms with van der Waals surface area (Å²) >= 11 is 1.53. The number of nitrogens with zero attached hydrogens (tertiary/aromatic N) is 4. The van der Waals surface area contributed by atoms with Crippen molar-refractivity contribution in [3.05, 3.63) is 35.8 Å². The molecule has 0 spiro atoms. The van der Waals surface area contributed by atoms with Crippen molar-refractivity contribution in [3.63, 3.8) is 0 Å². The Morgan fingerprint density at radius 2 is 2.32 bits per heavy atom. The Morgan fingerprint density at radius 1 is 1.42 bits per heavy atom. The molecule has 0 saturated heterocycles. The van der Waals surface area contributed by atoms with Crippen molar-refractivity contribution in [1.29, 1.82) is 0 Å². The lowest BCUT2D eigenvalue weighted by atomic mass is 10.3. The smallest absolute Gasteiger partial charge is 0.214 e. The van der Waals surface area contributed by atoms with Gasteiger partial charge in [-0.05, 0) is 12.5 Å². The number of rotatable bonds is 4. The molecule has 98 valence electrons. The number of hydrogen-bond donors (Lipinski definition) is 1. The number of ether oxygens (including phenoxy) is 1. The number of nitrogens with one attached hydrogen (secondary N) is 1. The largest absolute Gasteiger partial charge is 0.481 e. The highest BCUT2D eigenvalue weighted by Gasteiger charge is 2.05. The van der Waals surface area contributed by atoms with Crippen LogP contribution in [0.1, 0.15) is 11.3 Å². The van der Waals surface area contributed by atoms with Crippen LogP contribution in [0.15, 0.2) is 24.5 Å². The molecule has 3 aromatic heterocycles. The molecule has 3 heterocycles. The van der Waals surface area contributed by atoms with E-state index in [1.54, 1.807) is 17.8 Å². The minimum atomic E-state index is 0.618. The Kier molecular flexibility index (Phi) is 3.04. The highest BCUT2D eigenvalue weighted by molar-refractivity contribution is 7.20. The van der Waals surface area contributed by atoms with Gasteiger partial charge in [0, 0.05) is 18.8 Å². The molecular weight excluding hydrogens is 262 g/mol. The third-order valence-electron chi connectivity index (χ3n) is 2.61. The third kappa shape index (κ3) is 2.50. The molecule has 0 radical (unpaired) electrons. The molecule has 0 aromatic carbocycles. The van der Waals surface area contributed by atoms with Crippen molar-refractivity contribution >= 4 is 21.4 Å². The van der Waals surface area contributed by atoms with Gasteiger partial charge in [-0.25, -0.2) is 14.5 Å². The molecule has 0 atom stereocenters. The van der Waals surface area contributed by atoms with E-state index in [1.165, 1.54) is 11.3 Å². The number of aromatic nitrogens is 4. The first kappa shape index (κ1) is 11.9. The molecule has 0 aliphatic carbocycles. The number of hydrogen-bond acceptors (Lipinski definition) is 6. The van der Waals surface area contributed by atoms with Gasteiger partial charge >= 0.3 is 0 Å². The lowest BCUT2D eigenvalue weighted by molar-refractivity contribution is 0.397. The summed E-state index contributed by atoms with van der Waals surface area (Å²) in [6.07, 6.45) is 3.70. The first-order chi connectivity index (χ1) is 9.24. The summed E-state index contributed by atoms with van der Waals surface area (Å²) in [4.78, 5) is 9.41. The van der Waals surface area contributed by atoms with Gasteiger partial charge in [-0.15, -0.1) is 5.10 Å². The zero-order valence-corrected chi connectivity index (χ0v) is 11.4. The molecule has 0 aliphatic heterocycles. The van der Waals surface area contributed by atoms with Crippen LogP contribution in [0.5, 0.6) is 5.88 Å². The summed E-state index contributed by atoms with van der Waals surface area (Å²) in [6.45, 7) is 2.63. The maximum Gasteiger partial charge on any atom is 0.214 e. The standard InChI is InChI=1S/C12H13N5OS/c1-8-7-17-12(15-8)19-11(16-17)14-6-9-3-4-10(18-2)13-5-9/h3-5,7H,6H2,1-2H3,(H,14,16). The van der Waals surface area contributed by atoms with Crippen LogP contribution in [0.3, 0.4) is 0 Å². The minimum absolute atomic E-state index is 0.618. The van der Waals surface area contributed by atoms with Crippen molar-refractivity contribution in [1.82, 2.24) is 19.6 Å². The van der Waals surface area contributed by atoms with E-state index in [2.05, 4.69) is 20.4 Å². The monoisotopic (exact) mass is 275 g/mol. The summed E-state index contributed by atoms with van der Waals surface area (Å²) in [5, 5.41) is 8.50. The van der Waals surface area contributed by atoms with Crippen LogP contribution < -0.4 is 10.1 Å². The van der Waals surface area contributed by atoms with Crippen molar-refractivity contribution in [2.75, 3.05) is 12.4 Å². The lowest BCUT2D eigenvalue weighted by Gasteiger charge is -2.03. The van der Waals surface area contributed by atoms with Gasteiger partial charge in [0.1, 0.15) is 0 Å². The summed E-state index contributed by atoms with van der Waals surface area (Å²) in [5.41, 5.74) is 2.05. The first-order valence-corrected chi connectivity index (χ1v) is 6.62. The topological polar surface area (TPSA) is 64.3 Å². The Labute approximate surface area is 114 Å². The van der Waals surface area contributed by atoms with Crippen molar-refractivity contribution in [2.45, 2.75) is 13.5 Å². The minimum Gasteiger partial charge on any atom is -0.481 e. The van der Waals surface area contributed by atoms with Crippen LogP contribution in [0.4, 0.5) is 5.13 Å². The quantitative estimate of drug-likeness (QED) is 0.790.